The van der Waals surface area contributed by atoms with Gasteiger partial charge >= 0.3 is 0 Å². The van der Waals surface area contributed by atoms with E-state index in [4.69, 9.17) is 22.1 Å². The Morgan fingerprint density at radius 1 is 1.53 bits per heavy atom. The third kappa shape index (κ3) is 2.19. The van der Waals surface area contributed by atoms with Gasteiger partial charge in [-0.15, -0.1) is 0 Å². The Balaban J connectivity index is 2.24. The van der Waals surface area contributed by atoms with Gasteiger partial charge < -0.3 is 15.4 Å². The number of halogens is 1. The molecule has 1 heterocycles. The van der Waals surface area contributed by atoms with E-state index < -0.39 is 0 Å². The first-order valence-corrected chi connectivity index (χ1v) is 5.47. The average Bonchev–Trinajstić information content (AvgIpc) is 2.22. The fourth-order valence-electron chi connectivity index (χ4n) is 1.84. The summed E-state index contributed by atoms with van der Waals surface area (Å²) in [5.41, 5.74) is 7.62. The Hall–Kier alpha value is -0.930. The van der Waals surface area contributed by atoms with Crippen molar-refractivity contribution in [2.75, 3.05) is 30.3 Å². The van der Waals surface area contributed by atoms with Crippen LogP contribution in [-0.2, 0) is 4.74 Å². The first-order valence-electron chi connectivity index (χ1n) is 5.09. The molecule has 82 valence electrons. The van der Waals surface area contributed by atoms with Gasteiger partial charge in [0.15, 0.2) is 0 Å². The minimum atomic E-state index is 0.247. The number of anilines is 2. The Morgan fingerprint density at radius 2 is 2.33 bits per heavy atom. The van der Waals surface area contributed by atoms with Crippen LogP contribution in [0.25, 0.3) is 0 Å². The molecule has 0 radical (unpaired) electrons. The molecular weight excluding hydrogens is 212 g/mol. The maximum atomic E-state index is 5.99. The van der Waals surface area contributed by atoms with E-state index in [-0.39, 0.29) is 6.10 Å². The van der Waals surface area contributed by atoms with Gasteiger partial charge in [0.25, 0.3) is 0 Å². The topological polar surface area (TPSA) is 38.5 Å². The number of rotatable bonds is 1. The van der Waals surface area contributed by atoms with Crippen LogP contribution in [0.5, 0.6) is 0 Å². The zero-order valence-corrected chi connectivity index (χ0v) is 9.50. The second-order valence-electron chi connectivity index (χ2n) is 3.80. The lowest BCUT2D eigenvalue weighted by Gasteiger charge is -2.33. The van der Waals surface area contributed by atoms with E-state index in [9.17, 15) is 0 Å². The molecule has 1 aromatic rings. The normalized spacial score (nSPS) is 21.7. The van der Waals surface area contributed by atoms with Crippen molar-refractivity contribution >= 4 is 23.0 Å². The second kappa shape index (κ2) is 4.29. The van der Waals surface area contributed by atoms with Gasteiger partial charge in [0.2, 0.25) is 0 Å². The third-order valence-electron chi connectivity index (χ3n) is 2.61. The van der Waals surface area contributed by atoms with E-state index >= 15 is 0 Å². The van der Waals surface area contributed by atoms with E-state index in [1.54, 1.807) is 0 Å². The van der Waals surface area contributed by atoms with Gasteiger partial charge in [-0.05, 0) is 19.1 Å². The molecule has 1 aromatic carbocycles. The second-order valence-corrected chi connectivity index (χ2v) is 4.21. The lowest BCUT2D eigenvalue weighted by molar-refractivity contribution is 0.0533. The molecule has 0 aliphatic carbocycles. The first kappa shape index (κ1) is 10.6. The number of hydrogen-bond donors (Lipinski definition) is 1. The number of para-hydroxylation sites is 1. The number of morpholine rings is 1. The lowest BCUT2D eigenvalue weighted by Crippen LogP contribution is -2.41. The average molecular weight is 227 g/mol. The highest BCUT2D eigenvalue weighted by Gasteiger charge is 2.19. The highest BCUT2D eigenvalue weighted by atomic mass is 35.5. The Bertz CT molecular complexity index is 356. The molecule has 2 N–H and O–H groups in total. The van der Waals surface area contributed by atoms with Crippen LogP contribution in [0.3, 0.4) is 0 Å². The summed E-state index contributed by atoms with van der Waals surface area (Å²) in [6.45, 7) is 4.54. The van der Waals surface area contributed by atoms with Crippen molar-refractivity contribution in [3.63, 3.8) is 0 Å². The van der Waals surface area contributed by atoms with Gasteiger partial charge in [0.05, 0.1) is 29.1 Å². The Kier molecular flexibility index (Phi) is 3.03. The molecule has 1 atom stereocenters. The van der Waals surface area contributed by atoms with Gasteiger partial charge in [-0.25, -0.2) is 0 Å². The molecule has 1 saturated heterocycles. The van der Waals surface area contributed by atoms with Gasteiger partial charge in [-0.1, -0.05) is 17.7 Å². The van der Waals surface area contributed by atoms with E-state index in [1.165, 1.54) is 0 Å². The molecule has 0 saturated carbocycles. The smallest absolute Gasteiger partial charge is 0.0741 e. The zero-order valence-electron chi connectivity index (χ0n) is 8.74. The summed E-state index contributed by atoms with van der Waals surface area (Å²) >= 11 is 5.99. The van der Waals surface area contributed by atoms with Crippen LogP contribution >= 0.6 is 11.6 Å². The quantitative estimate of drug-likeness (QED) is 0.746. The molecule has 2 rings (SSSR count). The van der Waals surface area contributed by atoms with E-state index in [0.29, 0.717) is 10.7 Å². The highest BCUT2D eigenvalue weighted by molar-refractivity contribution is 6.33. The fraction of sp³-hybridized carbons (Fsp3) is 0.455. The number of nitrogen functional groups attached to an aromatic ring is 1. The molecule has 15 heavy (non-hydrogen) atoms. The van der Waals surface area contributed by atoms with Crippen molar-refractivity contribution in [1.29, 1.82) is 0 Å². The summed E-state index contributed by atoms with van der Waals surface area (Å²) in [4.78, 5) is 2.22. The lowest BCUT2D eigenvalue weighted by atomic mass is 10.2. The van der Waals surface area contributed by atoms with Gasteiger partial charge in [0, 0.05) is 13.1 Å². The molecule has 0 aromatic heterocycles. The van der Waals surface area contributed by atoms with Crippen LogP contribution in [0.4, 0.5) is 11.4 Å². The third-order valence-corrected chi connectivity index (χ3v) is 2.94. The number of hydrogen-bond acceptors (Lipinski definition) is 3. The van der Waals surface area contributed by atoms with Crippen molar-refractivity contribution in [2.45, 2.75) is 13.0 Å². The molecule has 1 fully saturated rings. The predicted octanol–water partition coefficient (Wildman–Crippen LogP) is 2.15. The molecule has 0 amide bonds. The first-order chi connectivity index (χ1) is 7.18. The molecule has 1 aliphatic heterocycles. The van der Waals surface area contributed by atoms with Crippen LogP contribution < -0.4 is 10.6 Å². The summed E-state index contributed by atoms with van der Waals surface area (Å²) in [7, 11) is 0. The summed E-state index contributed by atoms with van der Waals surface area (Å²) < 4.78 is 5.48. The van der Waals surface area contributed by atoms with E-state index in [2.05, 4.69) is 11.8 Å². The van der Waals surface area contributed by atoms with E-state index in [0.717, 1.165) is 25.4 Å². The van der Waals surface area contributed by atoms with Gasteiger partial charge in [-0.2, -0.15) is 0 Å². The zero-order chi connectivity index (χ0) is 10.8. The van der Waals surface area contributed by atoms with Crippen LogP contribution in [0.15, 0.2) is 18.2 Å². The fourth-order valence-corrected chi connectivity index (χ4v) is 2.01. The number of benzene rings is 1. The van der Waals surface area contributed by atoms with Crippen molar-refractivity contribution in [1.82, 2.24) is 0 Å². The van der Waals surface area contributed by atoms with E-state index in [1.807, 2.05) is 18.2 Å². The Labute approximate surface area is 94.8 Å². The van der Waals surface area contributed by atoms with Crippen LogP contribution in [-0.4, -0.2) is 25.8 Å². The SMILES string of the molecule is CC1CN(c2cccc(Cl)c2N)CCO1. The van der Waals surface area contributed by atoms with Crippen molar-refractivity contribution in [3.8, 4) is 0 Å². The standard InChI is InChI=1S/C11H15ClN2O/c1-8-7-14(5-6-15-8)10-4-2-3-9(12)11(10)13/h2-4,8H,5-7,13H2,1H3. The minimum absolute atomic E-state index is 0.247. The van der Waals surface area contributed by atoms with Crippen molar-refractivity contribution in [2.24, 2.45) is 0 Å². The highest BCUT2D eigenvalue weighted by Crippen LogP contribution is 2.30. The number of nitrogens with zero attached hydrogens (tertiary/aromatic N) is 1. The number of ether oxygens (including phenoxy) is 1. The molecule has 0 spiro atoms. The van der Waals surface area contributed by atoms with Crippen LogP contribution in [0.1, 0.15) is 6.92 Å². The summed E-state index contributed by atoms with van der Waals surface area (Å²) in [5, 5.41) is 0.617. The maximum Gasteiger partial charge on any atom is 0.0741 e. The predicted molar refractivity (Wildman–Crippen MR) is 63.5 cm³/mol. The van der Waals surface area contributed by atoms with Gasteiger partial charge in [-0.3, -0.25) is 0 Å². The monoisotopic (exact) mass is 226 g/mol. The van der Waals surface area contributed by atoms with Crippen LogP contribution in [0, 0.1) is 0 Å². The summed E-state index contributed by atoms with van der Waals surface area (Å²) in [6.07, 6.45) is 0.247. The molecular formula is C11H15ClN2O. The summed E-state index contributed by atoms with van der Waals surface area (Å²) in [5.74, 6) is 0. The largest absolute Gasteiger partial charge is 0.396 e. The molecule has 4 heteroatoms. The summed E-state index contributed by atoms with van der Waals surface area (Å²) in [6, 6.07) is 5.73. The van der Waals surface area contributed by atoms with Crippen molar-refractivity contribution < 1.29 is 4.74 Å². The maximum absolute atomic E-state index is 5.99. The van der Waals surface area contributed by atoms with Gasteiger partial charge in [0.1, 0.15) is 0 Å². The molecule has 0 bridgehead atoms. The number of nitrogens with two attached hydrogens (primary N) is 1. The van der Waals surface area contributed by atoms with Crippen molar-refractivity contribution in [3.05, 3.63) is 23.2 Å². The Morgan fingerprint density at radius 3 is 3.07 bits per heavy atom. The molecule has 1 aliphatic rings. The molecule has 3 nitrogen and oxygen atoms in total. The van der Waals surface area contributed by atoms with Crippen LogP contribution in [0.2, 0.25) is 5.02 Å². The molecule has 1 unspecified atom stereocenters. The minimum Gasteiger partial charge on any atom is -0.396 e.